The molecule has 0 aliphatic heterocycles. The first-order valence-corrected chi connectivity index (χ1v) is 11.6. The monoisotopic (exact) mass is 477 g/mol. The minimum atomic E-state index is -3.69. The Morgan fingerprint density at radius 3 is 2.55 bits per heavy atom. The Bertz CT molecular complexity index is 1160. The van der Waals surface area contributed by atoms with E-state index in [1.165, 1.54) is 0 Å². The van der Waals surface area contributed by atoms with E-state index in [0.29, 0.717) is 18.1 Å². The highest BCUT2D eigenvalue weighted by Crippen LogP contribution is 2.20. The zero-order chi connectivity index (χ0) is 24.6. The standard InChI is InChI=1S/C22H24FN3O6S/c1-4-8-15(2)14-33(31,25-22(28)32-16(3)17-9-6-5-7-10-17)24-21(27)18-11-12-19(23)20(13-18)26(29)30/h4-7,9-13,15-16H,1,8,14H2,2-3H3,(H,24,25,27,28,31)/t15-,16-,33?/m0/s1. The van der Waals surface area contributed by atoms with Gasteiger partial charge in [-0.1, -0.05) is 43.3 Å². The van der Waals surface area contributed by atoms with Crippen LogP contribution in [0.15, 0.2) is 65.5 Å². The van der Waals surface area contributed by atoms with Gasteiger partial charge in [-0.25, -0.2) is 13.7 Å². The van der Waals surface area contributed by atoms with E-state index < -0.39 is 44.4 Å². The van der Waals surface area contributed by atoms with Crippen LogP contribution < -0.4 is 4.72 Å². The molecule has 9 nitrogen and oxygen atoms in total. The highest BCUT2D eigenvalue weighted by Gasteiger charge is 2.23. The second-order valence-corrected chi connectivity index (χ2v) is 9.32. The number of halogens is 1. The minimum absolute atomic E-state index is 0.205. The van der Waals surface area contributed by atoms with Crippen LogP contribution in [0.1, 0.15) is 42.3 Å². The lowest BCUT2D eigenvalue weighted by Gasteiger charge is -2.18. The summed E-state index contributed by atoms with van der Waals surface area (Å²) < 4.78 is 38.1. The maximum Gasteiger partial charge on any atom is 0.420 e. The smallest absolute Gasteiger partial charge is 0.420 e. The van der Waals surface area contributed by atoms with Crippen LogP contribution >= 0.6 is 0 Å². The number of hydrogen-bond donors (Lipinski definition) is 1. The predicted molar refractivity (Wildman–Crippen MR) is 121 cm³/mol. The van der Waals surface area contributed by atoms with Crippen LogP contribution in [0.4, 0.5) is 14.9 Å². The normalized spacial score (nSPS) is 14.3. The van der Waals surface area contributed by atoms with Gasteiger partial charge >= 0.3 is 11.8 Å². The first-order chi connectivity index (χ1) is 15.5. The molecule has 1 unspecified atom stereocenters. The summed E-state index contributed by atoms with van der Waals surface area (Å²) in [5, 5.41) is 10.9. The highest BCUT2D eigenvalue weighted by molar-refractivity contribution is 7.92. The van der Waals surface area contributed by atoms with Gasteiger partial charge < -0.3 is 4.74 Å². The molecule has 0 aliphatic rings. The molecule has 3 atom stereocenters. The Kier molecular flexibility index (Phi) is 8.80. The van der Waals surface area contributed by atoms with Gasteiger partial charge in [0.25, 0.3) is 5.91 Å². The average Bonchev–Trinajstić information content (AvgIpc) is 2.73. The zero-order valence-corrected chi connectivity index (χ0v) is 18.9. The topological polar surface area (TPSA) is 128 Å². The van der Waals surface area contributed by atoms with Crippen molar-refractivity contribution in [3.63, 3.8) is 0 Å². The molecule has 1 N–H and O–H groups in total. The fourth-order valence-electron chi connectivity index (χ4n) is 2.92. The van der Waals surface area contributed by atoms with Crippen LogP contribution in [0, 0.1) is 21.8 Å². The quantitative estimate of drug-likeness (QED) is 0.309. The van der Waals surface area contributed by atoms with Gasteiger partial charge in [-0.2, -0.15) is 4.39 Å². The van der Waals surface area contributed by atoms with E-state index in [4.69, 9.17) is 4.74 Å². The van der Waals surface area contributed by atoms with Crippen molar-refractivity contribution < 1.29 is 27.8 Å². The van der Waals surface area contributed by atoms with Crippen molar-refractivity contribution in [2.24, 2.45) is 10.3 Å². The van der Waals surface area contributed by atoms with Gasteiger partial charge in [0.2, 0.25) is 5.82 Å². The molecule has 0 bridgehead atoms. The maximum atomic E-state index is 13.6. The Morgan fingerprint density at radius 2 is 1.94 bits per heavy atom. The first kappa shape index (κ1) is 25.7. The number of rotatable bonds is 9. The molecule has 11 heteroatoms. The molecule has 0 saturated heterocycles. The highest BCUT2D eigenvalue weighted by atomic mass is 32.2. The van der Waals surface area contributed by atoms with Crippen molar-refractivity contribution in [1.29, 1.82) is 0 Å². The SMILES string of the molecule is C=CC[C@H](C)CS(=O)(=NC(=O)c1ccc(F)c([N+](=O)[O-])c1)NC(=O)O[C@@H](C)c1ccccc1. The van der Waals surface area contributed by atoms with Gasteiger partial charge in [0.1, 0.15) is 16.0 Å². The number of allylic oxidation sites excluding steroid dienone is 1. The van der Waals surface area contributed by atoms with Gasteiger partial charge in [-0.3, -0.25) is 14.9 Å². The van der Waals surface area contributed by atoms with E-state index >= 15 is 0 Å². The average molecular weight is 478 g/mol. The molecular formula is C22H24FN3O6S. The maximum absolute atomic E-state index is 13.6. The number of carbonyl (C=O) groups excluding carboxylic acids is 2. The molecule has 0 aliphatic carbocycles. The largest absolute Gasteiger partial charge is 0.441 e. The Labute approximate surface area is 191 Å². The molecule has 2 rings (SSSR count). The summed E-state index contributed by atoms with van der Waals surface area (Å²) >= 11 is 0. The van der Waals surface area contributed by atoms with Crippen LogP contribution in [0.2, 0.25) is 0 Å². The van der Waals surface area contributed by atoms with Crippen molar-refractivity contribution in [3.8, 4) is 0 Å². The van der Waals surface area contributed by atoms with E-state index in [1.54, 1.807) is 50.3 Å². The summed E-state index contributed by atoms with van der Waals surface area (Å²) in [7, 11) is -3.69. The fraction of sp³-hybridized carbons (Fsp3) is 0.273. The summed E-state index contributed by atoms with van der Waals surface area (Å²) in [4.78, 5) is 35.0. The minimum Gasteiger partial charge on any atom is -0.441 e. The molecule has 0 aromatic heterocycles. The molecule has 0 fully saturated rings. The lowest BCUT2D eigenvalue weighted by molar-refractivity contribution is -0.387. The number of hydrogen-bond acceptors (Lipinski definition) is 6. The van der Waals surface area contributed by atoms with E-state index in [0.717, 1.165) is 12.1 Å². The van der Waals surface area contributed by atoms with E-state index in [2.05, 4.69) is 15.7 Å². The van der Waals surface area contributed by atoms with Crippen molar-refractivity contribution in [2.75, 3.05) is 5.75 Å². The molecule has 33 heavy (non-hydrogen) atoms. The van der Waals surface area contributed by atoms with Crippen molar-refractivity contribution >= 4 is 27.6 Å². The van der Waals surface area contributed by atoms with E-state index in [9.17, 15) is 28.3 Å². The number of ether oxygens (including phenoxy) is 1. The lowest BCUT2D eigenvalue weighted by atomic mass is 10.1. The van der Waals surface area contributed by atoms with Crippen molar-refractivity contribution in [1.82, 2.24) is 4.72 Å². The summed E-state index contributed by atoms with van der Waals surface area (Å²) in [6.07, 6.45) is 0.297. The van der Waals surface area contributed by atoms with Crippen molar-refractivity contribution in [2.45, 2.75) is 26.4 Å². The molecule has 0 heterocycles. The summed E-state index contributed by atoms with van der Waals surface area (Å²) in [6.45, 7) is 6.95. The van der Waals surface area contributed by atoms with Gasteiger partial charge in [0, 0.05) is 11.6 Å². The van der Waals surface area contributed by atoms with Crippen LogP contribution in [0.5, 0.6) is 0 Å². The molecule has 0 radical (unpaired) electrons. The van der Waals surface area contributed by atoms with Crippen LogP contribution in [0.25, 0.3) is 0 Å². The molecule has 2 aromatic rings. The molecule has 2 amide bonds. The van der Waals surface area contributed by atoms with Crippen LogP contribution in [-0.4, -0.2) is 26.9 Å². The van der Waals surface area contributed by atoms with E-state index in [1.807, 2.05) is 0 Å². The number of nitrogens with one attached hydrogen (secondary N) is 1. The molecule has 0 spiro atoms. The van der Waals surface area contributed by atoms with Gasteiger partial charge in [0.15, 0.2) is 0 Å². The summed E-state index contributed by atoms with van der Waals surface area (Å²) in [6, 6.07) is 11.3. The number of nitro groups is 1. The van der Waals surface area contributed by atoms with Gasteiger partial charge in [0.05, 0.1) is 10.7 Å². The number of amides is 2. The Balaban J connectivity index is 2.33. The molecule has 176 valence electrons. The van der Waals surface area contributed by atoms with Crippen LogP contribution in [0.3, 0.4) is 0 Å². The Morgan fingerprint density at radius 1 is 1.27 bits per heavy atom. The predicted octanol–water partition coefficient (Wildman–Crippen LogP) is 4.96. The summed E-state index contributed by atoms with van der Waals surface area (Å²) in [5.41, 5.74) is -0.572. The van der Waals surface area contributed by atoms with Crippen molar-refractivity contribution in [3.05, 3.63) is 88.2 Å². The van der Waals surface area contributed by atoms with Gasteiger partial charge in [-0.05, 0) is 37.0 Å². The van der Waals surface area contributed by atoms with Crippen LogP contribution in [-0.2, 0) is 14.7 Å². The second kappa shape index (κ2) is 11.3. The molecule has 2 aromatic carbocycles. The number of nitrogens with zero attached hydrogens (tertiary/aromatic N) is 2. The number of carbonyl (C=O) groups is 2. The first-order valence-electron chi connectivity index (χ1n) is 9.92. The molecular weight excluding hydrogens is 453 g/mol. The van der Waals surface area contributed by atoms with Gasteiger partial charge in [-0.15, -0.1) is 10.9 Å². The third kappa shape index (κ3) is 7.49. The van der Waals surface area contributed by atoms with E-state index in [-0.39, 0.29) is 17.2 Å². The fourth-order valence-corrected chi connectivity index (χ4v) is 4.71. The third-order valence-corrected chi connectivity index (χ3v) is 6.46. The zero-order valence-electron chi connectivity index (χ0n) is 18.1. The number of benzene rings is 2. The number of nitro benzene ring substituents is 1. The molecule has 0 saturated carbocycles. The lowest BCUT2D eigenvalue weighted by Crippen LogP contribution is -2.35. The third-order valence-electron chi connectivity index (χ3n) is 4.50. The summed E-state index contributed by atoms with van der Waals surface area (Å²) in [5.74, 6) is -2.72. The Hall–Kier alpha value is -3.60. The second-order valence-electron chi connectivity index (χ2n) is 7.32.